The van der Waals surface area contributed by atoms with E-state index in [1.165, 1.54) is 0 Å². The molecule has 0 aliphatic carbocycles. The quantitative estimate of drug-likeness (QED) is 0.289. The molecule has 2 aliphatic rings. The number of nitrogens with one attached hydrogen (secondary N) is 2. The van der Waals surface area contributed by atoms with Crippen LogP contribution in [-0.2, 0) is 41.9 Å². The summed E-state index contributed by atoms with van der Waals surface area (Å²) in [6.45, 7) is 2.26. The number of rotatable bonds is 4. The maximum absolute atomic E-state index is 13.6. The molecular weight excluding hydrogens is 688 g/mol. The molecule has 4 heterocycles. The van der Waals surface area contributed by atoms with E-state index in [1.54, 1.807) is 12.1 Å². The molecule has 0 fully saturated rings. The van der Waals surface area contributed by atoms with Crippen LogP contribution in [0.3, 0.4) is 0 Å². The lowest BCUT2D eigenvalue weighted by Crippen LogP contribution is -2.44. The minimum atomic E-state index is -4.78. The molecule has 0 amide bonds. The van der Waals surface area contributed by atoms with Gasteiger partial charge in [0.15, 0.2) is 5.88 Å². The Balaban J connectivity index is 1.54. The zero-order chi connectivity index (χ0) is 29.4. The molecule has 2 N–H and O–H groups in total. The summed E-state index contributed by atoms with van der Waals surface area (Å²) in [7, 11) is -1.01. The van der Waals surface area contributed by atoms with Gasteiger partial charge in [-0.15, -0.1) is 4.73 Å². The number of fused-ring (bicyclic) bond motifs is 6. The van der Waals surface area contributed by atoms with Crippen LogP contribution in [-0.4, -0.2) is 64.7 Å². The second-order valence-electron chi connectivity index (χ2n) is 10.4. The van der Waals surface area contributed by atoms with Gasteiger partial charge in [0.2, 0.25) is 0 Å². The zero-order valence-corrected chi connectivity index (χ0v) is 25.9. The molecule has 0 spiro atoms. The van der Waals surface area contributed by atoms with Crippen molar-refractivity contribution in [2.45, 2.75) is 31.8 Å². The minimum absolute atomic E-state index is 0.106. The summed E-state index contributed by atoms with van der Waals surface area (Å²) >= 11 is 7.03. The molecule has 0 unspecified atom stereocenters. The standard InChI is InChI=1S/C25H24Br2N6O7S/c1-30-5-3-12-14(9-30)20-18(7-16(12)26)28-22(34)24(36)32(20)11-41(38,39)40-33-21-15-10-31(2)6-4-13(15)17(27)8-19(21)29-23(35)25(33)37/h7-8H,3-6,9-11H2,1-2H3,(H,28,34)(H,29,35). The maximum atomic E-state index is 13.6. The summed E-state index contributed by atoms with van der Waals surface area (Å²) < 4.78 is 35.3. The predicted molar refractivity (Wildman–Crippen MR) is 159 cm³/mol. The van der Waals surface area contributed by atoms with E-state index in [1.807, 2.05) is 23.9 Å². The highest BCUT2D eigenvalue weighted by molar-refractivity contribution is 9.10. The van der Waals surface area contributed by atoms with Crippen molar-refractivity contribution in [1.82, 2.24) is 29.1 Å². The van der Waals surface area contributed by atoms with Gasteiger partial charge >= 0.3 is 32.4 Å². The first-order chi connectivity index (χ1) is 19.3. The van der Waals surface area contributed by atoms with Crippen LogP contribution >= 0.6 is 31.9 Å². The Labute approximate surface area is 248 Å². The molecule has 41 heavy (non-hydrogen) atoms. The number of aromatic amines is 2. The van der Waals surface area contributed by atoms with Gasteiger partial charge in [-0.3, -0.25) is 28.0 Å². The number of benzene rings is 2. The highest BCUT2D eigenvalue weighted by atomic mass is 79.9. The van der Waals surface area contributed by atoms with E-state index >= 15 is 0 Å². The molecule has 2 aromatic carbocycles. The van der Waals surface area contributed by atoms with Crippen molar-refractivity contribution >= 4 is 64.0 Å². The number of halogens is 2. The van der Waals surface area contributed by atoms with Gasteiger partial charge in [0.25, 0.3) is 0 Å². The second-order valence-corrected chi connectivity index (χ2v) is 13.6. The van der Waals surface area contributed by atoms with E-state index in [4.69, 9.17) is 4.28 Å². The molecule has 16 heteroatoms. The number of aromatic nitrogens is 4. The second kappa shape index (κ2) is 10.0. The molecule has 216 valence electrons. The fourth-order valence-electron chi connectivity index (χ4n) is 5.64. The number of H-pyrrole nitrogens is 2. The molecular formula is C25H24Br2N6O7S. The number of likely N-dealkylation sites (N-methyl/N-ethyl adjacent to an activating group) is 2. The summed E-state index contributed by atoms with van der Waals surface area (Å²) in [5.74, 6) is -1.07. The van der Waals surface area contributed by atoms with Gasteiger partial charge in [-0.1, -0.05) is 31.9 Å². The SMILES string of the molecule is CN1CCc2c(Br)cc3[nH]c(=O)c(=O)n(CS(=O)(=O)On4c(=O)c(=O)[nH]c5cc(Br)c6c(c54)CN(C)CC6)c3c2C1. The van der Waals surface area contributed by atoms with Crippen LogP contribution in [0.4, 0.5) is 0 Å². The van der Waals surface area contributed by atoms with Crippen LogP contribution in [0.5, 0.6) is 0 Å². The van der Waals surface area contributed by atoms with Crippen LogP contribution in [0.25, 0.3) is 22.1 Å². The predicted octanol–water partition coefficient (Wildman–Crippen LogP) is 0.610. The van der Waals surface area contributed by atoms with Gasteiger partial charge in [0, 0.05) is 35.1 Å². The van der Waals surface area contributed by atoms with E-state index in [2.05, 4.69) is 41.8 Å². The highest BCUT2D eigenvalue weighted by Gasteiger charge is 2.28. The van der Waals surface area contributed by atoms with E-state index < -0.39 is 38.2 Å². The van der Waals surface area contributed by atoms with Gasteiger partial charge in [-0.2, -0.15) is 8.42 Å². The minimum Gasteiger partial charge on any atom is -0.316 e. The first kappa shape index (κ1) is 28.1. The molecule has 0 saturated carbocycles. The van der Waals surface area contributed by atoms with Gasteiger partial charge in [-0.25, -0.2) is 0 Å². The third-order valence-corrected chi connectivity index (χ3v) is 9.90. The van der Waals surface area contributed by atoms with Gasteiger partial charge < -0.3 is 19.8 Å². The zero-order valence-electron chi connectivity index (χ0n) is 21.9. The average Bonchev–Trinajstić information content (AvgIpc) is 2.89. The van der Waals surface area contributed by atoms with Crippen LogP contribution < -0.4 is 26.5 Å². The Morgan fingerprint density at radius 3 is 1.83 bits per heavy atom. The topological polar surface area (TPSA) is 160 Å². The van der Waals surface area contributed by atoms with Crippen LogP contribution in [0, 0.1) is 0 Å². The molecule has 2 aliphatic heterocycles. The first-order valence-electron chi connectivity index (χ1n) is 12.6. The first-order valence-corrected chi connectivity index (χ1v) is 15.8. The van der Waals surface area contributed by atoms with Crippen molar-refractivity contribution in [2.24, 2.45) is 0 Å². The van der Waals surface area contributed by atoms with Crippen molar-refractivity contribution in [1.29, 1.82) is 0 Å². The lowest BCUT2D eigenvalue weighted by atomic mass is 9.98. The van der Waals surface area contributed by atoms with E-state index in [0.29, 0.717) is 46.3 Å². The van der Waals surface area contributed by atoms with Crippen molar-refractivity contribution in [3.05, 3.63) is 84.7 Å². The van der Waals surface area contributed by atoms with Gasteiger partial charge in [0.05, 0.1) is 16.6 Å². The van der Waals surface area contributed by atoms with Gasteiger partial charge in [-0.05, 0) is 61.3 Å². The molecule has 0 atom stereocenters. The average molecular weight is 712 g/mol. The van der Waals surface area contributed by atoms with E-state index in [9.17, 15) is 27.6 Å². The molecule has 2 aromatic heterocycles. The Bertz CT molecular complexity index is 1990. The molecule has 4 aromatic rings. The third-order valence-electron chi connectivity index (χ3n) is 7.54. The Hall–Kier alpha value is -3.05. The summed E-state index contributed by atoms with van der Waals surface area (Å²) in [5.41, 5.74) is -0.529. The lowest BCUT2D eigenvalue weighted by Gasteiger charge is -2.28. The summed E-state index contributed by atoms with van der Waals surface area (Å²) in [6, 6.07) is 3.24. The Morgan fingerprint density at radius 1 is 0.780 bits per heavy atom. The van der Waals surface area contributed by atoms with E-state index in [-0.39, 0.29) is 22.1 Å². The third kappa shape index (κ3) is 4.80. The van der Waals surface area contributed by atoms with Crippen molar-refractivity contribution < 1.29 is 12.7 Å². The smallest absolute Gasteiger partial charge is 0.316 e. The van der Waals surface area contributed by atoms with E-state index in [0.717, 1.165) is 33.3 Å². The molecule has 0 bridgehead atoms. The molecule has 0 saturated heterocycles. The monoisotopic (exact) mass is 710 g/mol. The van der Waals surface area contributed by atoms with Crippen LogP contribution in [0.2, 0.25) is 0 Å². The summed E-state index contributed by atoms with van der Waals surface area (Å²) in [6.07, 6.45) is 1.26. The number of hydrogen-bond donors (Lipinski definition) is 2. The van der Waals surface area contributed by atoms with Crippen molar-refractivity contribution in [3.63, 3.8) is 0 Å². The summed E-state index contributed by atoms with van der Waals surface area (Å²) in [4.78, 5) is 60.3. The lowest BCUT2D eigenvalue weighted by molar-refractivity contribution is 0.270. The molecule has 13 nitrogen and oxygen atoms in total. The highest BCUT2D eigenvalue weighted by Crippen LogP contribution is 2.33. The summed E-state index contributed by atoms with van der Waals surface area (Å²) in [5, 5.41) is 0. The Morgan fingerprint density at radius 2 is 1.27 bits per heavy atom. The van der Waals surface area contributed by atoms with Crippen molar-refractivity contribution in [3.8, 4) is 0 Å². The van der Waals surface area contributed by atoms with Crippen LogP contribution in [0.1, 0.15) is 22.3 Å². The maximum Gasteiger partial charge on any atom is 0.350 e. The fraction of sp³-hybridized carbons (Fsp3) is 0.360. The number of nitrogens with zero attached hydrogens (tertiary/aromatic N) is 4. The molecule has 6 rings (SSSR count). The van der Waals surface area contributed by atoms with Crippen molar-refractivity contribution in [2.75, 3.05) is 27.2 Å². The Kier molecular flexibility index (Phi) is 6.88. The normalized spacial score (nSPS) is 16.2. The fourth-order valence-corrected chi connectivity index (χ4v) is 7.95. The number of hydrogen-bond acceptors (Lipinski definition) is 9. The van der Waals surface area contributed by atoms with Crippen LogP contribution in [0.15, 0.2) is 40.3 Å². The largest absolute Gasteiger partial charge is 0.350 e. The molecule has 0 radical (unpaired) electrons. The van der Waals surface area contributed by atoms with Gasteiger partial charge in [0.1, 0.15) is 5.52 Å².